The Morgan fingerprint density at radius 2 is 2.06 bits per heavy atom. The molecule has 0 saturated carbocycles. The Labute approximate surface area is 99.0 Å². The van der Waals surface area contributed by atoms with Crippen molar-refractivity contribution in [3.63, 3.8) is 0 Å². The number of rotatable bonds is 7. The van der Waals surface area contributed by atoms with Gasteiger partial charge in [0.1, 0.15) is 11.6 Å². The zero-order valence-electron chi connectivity index (χ0n) is 9.51. The van der Waals surface area contributed by atoms with Gasteiger partial charge in [0.2, 0.25) is 5.91 Å². The van der Waals surface area contributed by atoms with Crippen LogP contribution in [-0.2, 0) is 11.3 Å². The Balaban J connectivity index is 2.22. The molecule has 3 N–H and O–H groups in total. The lowest BCUT2D eigenvalue weighted by molar-refractivity contribution is -0.118. The summed E-state index contributed by atoms with van der Waals surface area (Å²) in [7, 11) is 0. The van der Waals surface area contributed by atoms with Crippen molar-refractivity contribution in [2.24, 2.45) is 5.73 Å². The second-order valence-electron chi connectivity index (χ2n) is 3.84. The molecule has 94 valence electrons. The monoisotopic (exact) mass is 242 g/mol. The Morgan fingerprint density at radius 1 is 1.29 bits per heavy atom. The van der Waals surface area contributed by atoms with E-state index in [1.807, 2.05) is 0 Å². The number of hydrogen-bond donors (Lipinski definition) is 2. The fourth-order valence-electron chi connectivity index (χ4n) is 1.45. The van der Waals surface area contributed by atoms with E-state index in [1.165, 1.54) is 6.07 Å². The highest BCUT2D eigenvalue weighted by Crippen LogP contribution is 2.09. The molecular weight excluding hydrogens is 226 g/mol. The lowest BCUT2D eigenvalue weighted by atomic mass is 10.2. The number of nitrogens with two attached hydrogens (primary N) is 1. The van der Waals surface area contributed by atoms with Crippen LogP contribution in [0.1, 0.15) is 24.8 Å². The summed E-state index contributed by atoms with van der Waals surface area (Å²) in [6.07, 6.45) is 1.84. The average Bonchev–Trinajstić information content (AvgIpc) is 2.27. The molecule has 0 aliphatic heterocycles. The molecule has 1 aromatic carbocycles. The van der Waals surface area contributed by atoms with E-state index in [0.29, 0.717) is 24.9 Å². The van der Waals surface area contributed by atoms with E-state index in [2.05, 4.69) is 5.32 Å². The van der Waals surface area contributed by atoms with E-state index < -0.39 is 11.6 Å². The van der Waals surface area contributed by atoms with Gasteiger partial charge in [-0.15, -0.1) is 0 Å². The van der Waals surface area contributed by atoms with Crippen LogP contribution in [-0.4, -0.2) is 12.5 Å². The first kappa shape index (κ1) is 13.6. The molecule has 0 saturated heterocycles. The molecule has 0 aromatic heterocycles. The van der Waals surface area contributed by atoms with Crippen molar-refractivity contribution in [2.75, 3.05) is 6.54 Å². The number of unbranched alkanes of at least 4 members (excludes halogenated alkanes) is 1. The molecule has 1 amide bonds. The highest BCUT2D eigenvalue weighted by Gasteiger charge is 2.03. The Bertz CT molecular complexity index is 383. The Hall–Kier alpha value is -1.49. The van der Waals surface area contributed by atoms with Crippen LogP contribution in [0.4, 0.5) is 8.78 Å². The molecule has 0 bridgehead atoms. The molecule has 5 heteroatoms. The van der Waals surface area contributed by atoms with Crippen LogP contribution in [0.25, 0.3) is 0 Å². The van der Waals surface area contributed by atoms with Crippen LogP contribution in [0, 0.1) is 11.6 Å². The topological polar surface area (TPSA) is 55.1 Å². The van der Waals surface area contributed by atoms with E-state index in [1.54, 1.807) is 0 Å². The third-order valence-electron chi connectivity index (χ3n) is 2.35. The quantitative estimate of drug-likeness (QED) is 0.715. The normalized spacial score (nSPS) is 10.5. The largest absolute Gasteiger partial charge is 0.370 e. The van der Waals surface area contributed by atoms with E-state index in [0.717, 1.165) is 18.6 Å². The predicted octanol–water partition coefficient (Wildman–Crippen LogP) is 1.71. The number of nitrogens with one attached hydrogen (secondary N) is 1. The SMILES string of the molecule is NC(=O)CCCCNCc1cc(F)ccc1F. The maximum atomic E-state index is 13.2. The number of halogens is 2. The first-order valence-electron chi connectivity index (χ1n) is 5.52. The van der Waals surface area contributed by atoms with E-state index in [4.69, 9.17) is 5.73 Å². The van der Waals surface area contributed by atoms with E-state index >= 15 is 0 Å². The fourth-order valence-corrected chi connectivity index (χ4v) is 1.45. The first-order chi connectivity index (χ1) is 8.09. The summed E-state index contributed by atoms with van der Waals surface area (Å²) >= 11 is 0. The van der Waals surface area contributed by atoms with Crippen molar-refractivity contribution in [3.8, 4) is 0 Å². The lowest BCUT2D eigenvalue weighted by Gasteiger charge is -2.05. The number of benzene rings is 1. The summed E-state index contributed by atoms with van der Waals surface area (Å²) in [5.41, 5.74) is 5.29. The van der Waals surface area contributed by atoms with Crippen LogP contribution in [0.5, 0.6) is 0 Å². The molecule has 0 heterocycles. The summed E-state index contributed by atoms with van der Waals surface area (Å²) in [6, 6.07) is 3.37. The summed E-state index contributed by atoms with van der Waals surface area (Å²) in [5.74, 6) is -1.19. The second kappa shape index (κ2) is 6.96. The molecule has 0 aliphatic rings. The van der Waals surface area contributed by atoms with Gasteiger partial charge in [0.15, 0.2) is 0 Å². The molecule has 3 nitrogen and oxygen atoms in total. The van der Waals surface area contributed by atoms with Gasteiger partial charge in [-0.3, -0.25) is 4.79 Å². The standard InChI is InChI=1S/C12H16F2N2O/c13-10-4-5-11(14)9(7-10)8-16-6-2-1-3-12(15)17/h4-5,7,16H,1-3,6,8H2,(H2,15,17). The van der Waals surface area contributed by atoms with Gasteiger partial charge in [-0.25, -0.2) is 8.78 Å². The van der Waals surface area contributed by atoms with Gasteiger partial charge in [-0.05, 0) is 37.6 Å². The molecule has 0 spiro atoms. The number of amides is 1. The van der Waals surface area contributed by atoms with Gasteiger partial charge < -0.3 is 11.1 Å². The van der Waals surface area contributed by atoms with Crippen molar-refractivity contribution < 1.29 is 13.6 Å². The predicted molar refractivity (Wildman–Crippen MR) is 61.1 cm³/mol. The van der Waals surface area contributed by atoms with Crippen molar-refractivity contribution in [2.45, 2.75) is 25.8 Å². The maximum absolute atomic E-state index is 13.2. The molecule has 0 atom stereocenters. The smallest absolute Gasteiger partial charge is 0.217 e. The average molecular weight is 242 g/mol. The van der Waals surface area contributed by atoms with Crippen molar-refractivity contribution in [1.82, 2.24) is 5.32 Å². The Kier molecular flexibility index (Phi) is 5.56. The highest BCUT2D eigenvalue weighted by molar-refractivity contribution is 5.73. The van der Waals surface area contributed by atoms with Crippen molar-refractivity contribution >= 4 is 5.91 Å². The first-order valence-corrected chi connectivity index (χ1v) is 5.52. The number of carbonyl (C=O) groups is 1. The molecule has 1 rings (SSSR count). The Morgan fingerprint density at radius 3 is 2.76 bits per heavy atom. The van der Waals surface area contributed by atoms with E-state index in [-0.39, 0.29) is 12.5 Å². The molecule has 0 aliphatic carbocycles. The fraction of sp³-hybridized carbons (Fsp3) is 0.417. The van der Waals surface area contributed by atoms with Crippen LogP contribution in [0.15, 0.2) is 18.2 Å². The lowest BCUT2D eigenvalue weighted by Crippen LogP contribution is -2.17. The zero-order valence-corrected chi connectivity index (χ0v) is 9.51. The minimum Gasteiger partial charge on any atom is -0.370 e. The molecule has 0 fully saturated rings. The maximum Gasteiger partial charge on any atom is 0.217 e. The van der Waals surface area contributed by atoms with Gasteiger partial charge in [0.25, 0.3) is 0 Å². The van der Waals surface area contributed by atoms with Crippen LogP contribution < -0.4 is 11.1 Å². The third-order valence-corrected chi connectivity index (χ3v) is 2.35. The van der Waals surface area contributed by atoms with Crippen LogP contribution in [0.2, 0.25) is 0 Å². The summed E-state index contributed by atoms with van der Waals surface area (Å²) in [4.78, 5) is 10.4. The molecule has 17 heavy (non-hydrogen) atoms. The number of hydrogen-bond acceptors (Lipinski definition) is 2. The minimum absolute atomic E-state index is 0.278. The van der Waals surface area contributed by atoms with Crippen LogP contribution >= 0.6 is 0 Å². The van der Waals surface area contributed by atoms with Crippen LogP contribution in [0.3, 0.4) is 0 Å². The van der Waals surface area contributed by atoms with Gasteiger partial charge in [0.05, 0.1) is 0 Å². The van der Waals surface area contributed by atoms with Gasteiger partial charge in [0, 0.05) is 18.5 Å². The van der Waals surface area contributed by atoms with Crippen molar-refractivity contribution in [3.05, 3.63) is 35.4 Å². The minimum atomic E-state index is -0.447. The number of primary amides is 1. The van der Waals surface area contributed by atoms with Gasteiger partial charge >= 0.3 is 0 Å². The highest BCUT2D eigenvalue weighted by atomic mass is 19.1. The van der Waals surface area contributed by atoms with Crippen molar-refractivity contribution in [1.29, 1.82) is 0 Å². The second-order valence-corrected chi connectivity index (χ2v) is 3.84. The number of carbonyl (C=O) groups excluding carboxylic acids is 1. The third kappa shape index (κ3) is 5.40. The van der Waals surface area contributed by atoms with Gasteiger partial charge in [-0.1, -0.05) is 0 Å². The summed E-state index contributed by atoms with van der Waals surface area (Å²) < 4.78 is 26.0. The van der Waals surface area contributed by atoms with E-state index in [9.17, 15) is 13.6 Å². The summed E-state index contributed by atoms with van der Waals surface area (Å²) in [6.45, 7) is 0.920. The summed E-state index contributed by atoms with van der Waals surface area (Å²) in [5, 5.41) is 2.98. The molecule has 1 aromatic rings. The molecular formula is C12H16F2N2O. The molecule has 0 radical (unpaired) electrons. The van der Waals surface area contributed by atoms with Gasteiger partial charge in [-0.2, -0.15) is 0 Å². The zero-order chi connectivity index (χ0) is 12.7. The molecule has 0 unspecified atom stereocenters.